The van der Waals surface area contributed by atoms with Crippen LogP contribution in [-0.2, 0) is 19.7 Å². The minimum absolute atomic E-state index is 0.167. The lowest BCUT2D eigenvalue weighted by molar-refractivity contribution is -0.149. The van der Waals surface area contributed by atoms with Crippen molar-refractivity contribution in [2.45, 2.75) is 32.2 Å². The third kappa shape index (κ3) is 3.74. The van der Waals surface area contributed by atoms with Crippen molar-refractivity contribution in [1.29, 1.82) is 0 Å². The highest BCUT2D eigenvalue weighted by atomic mass is 32.2. The van der Waals surface area contributed by atoms with Gasteiger partial charge >= 0.3 is 5.97 Å². The Balaban J connectivity index is 1.90. The largest absolute Gasteiger partial charge is 0.466 e. The van der Waals surface area contributed by atoms with Crippen LogP contribution in [0.4, 0.5) is 0 Å². The second-order valence-electron chi connectivity index (χ2n) is 5.57. The topological polar surface area (TPSA) is 79.0 Å². The van der Waals surface area contributed by atoms with Gasteiger partial charge in [0.2, 0.25) is 0 Å². The van der Waals surface area contributed by atoms with Crippen LogP contribution in [0.15, 0.2) is 0 Å². The maximum absolute atomic E-state index is 12.6. The second-order valence-corrected chi connectivity index (χ2v) is 7.49. The monoisotopic (exact) mass is 319 g/mol. The summed E-state index contributed by atoms with van der Waals surface area (Å²) in [6.07, 6.45) is 1.93. The van der Waals surface area contributed by atoms with E-state index in [9.17, 15) is 13.2 Å². The van der Waals surface area contributed by atoms with Gasteiger partial charge in [-0.05, 0) is 33.2 Å². The molecule has 0 aromatic heterocycles. The lowest BCUT2D eigenvalue weighted by Crippen LogP contribution is -2.47. The molecule has 0 spiro atoms. The molecule has 0 saturated carbocycles. The predicted octanol–water partition coefficient (Wildman–Crippen LogP) is -0.200. The Bertz CT molecular complexity index is 460. The second kappa shape index (κ2) is 7.04. The molecule has 0 aliphatic carbocycles. The van der Waals surface area contributed by atoms with E-state index in [-0.39, 0.29) is 17.9 Å². The summed E-state index contributed by atoms with van der Waals surface area (Å²) in [6.45, 7) is 4.03. The zero-order valence-electron chi connectivity index (χ0n) is 12.7. The lowest BCUT2D eigenvalue weighted by Gasteiger charge is -2.32. The van der Waals surface area contributed by atoms with E-state index in [1.54, 1.807) is 11.2 Å². The molecule has 0 bridgehead atoms. The van der Waals surface area contributed by atoms with Gasteiger partial charge in [0.05, 0.1) is 12.5 Å². The van der Waals surface area contributed by atoms with Crippen LogP contribution < -0.4 is 5.32 Å². The number of hydrogen-bond acceptors (Lipinski definition) is 5. The molecule has 0 aromatic rings. The van der Waals surface area contributed by atoms with Gasteiger partial charge < -0.3 is 10.1 Å². The fraction of sp³-hybridized carbons (Fsp3) is 0.923. The molecular weight excluding hydrogens is 294 g/mol. The number of hydrogen-bond donors (Lipinski definition) is 1. The van der Waals surface area contributed by atoms with Crippen molar-refractivity contribution >= 4 is 16.2 Å². The summed E-state index contributed by atoms with van der Waals surface area (Å²) in [5, 5.41) is 3.12. The molecule has 21 heavy (non-hydrogen) atoms. The van der Waals surface area contributed by atoms with E-state index < -0.39 is 10.2 Å². The molecule has 0 amide bonds. The highest BCUT2D eigenvalue weighted by Gasteiger charge is 2.38. The number of carbonyl (C=O) groups is 1. The number of rotatable bonds is 5. The SMILES string of the molecule is CCOC(=O)C1CCN(S(=O)(=O)N2CCC(NC)C2)CC1. The van der Waals surface area contributed by atoms with E-state index in [0.717, 1.165) is 6.42 Å². The van der Waals surface area contributed by atoms with Gasteiger partial charge in [-0.2, -0.15) is 17.0 Å². The van der Waals surface area contributed by atoms with Crippen LogP contribution in [-0.4, -0.2) is 68.9 Å². The van der Waals surface area contributed by atoms with Crippen molar-refractivity contribution < 1.29 is 17.9 Å². The Morgan fingerprint density at radius 1 is 1.19 bits per heavy atom. The maximum atomic E-state index is 12.6. The summed E-state index contributed by atoms with van der Waals surface area (Å²) >= 11 is 0. The first-order valence-corrected chi connectivity index (χ1v) is 8.97. The van der Waals surface area contributed by atoms with Gasteiger partial charge in [0.1, 0.15) is 0 Å². The molecule has 2 fully saturated rings. The highest BCUT2D eigenvalue weighted by Crippen LogP contribution is 2.24. The van der Waals surface area contributed by atoms with Gasteiger partial charge in [0.25, 0.3) is 10.2 Å². The summed E-state index contributed by atoms with van der Waals surface area (Å²) < 4.78 is 33.2. The number of likely N-dealkylation sites (N-methyl/N-ethyl adjacent to an activating group) is 1. The molecule has 122 valence electrons. The Hall–Kier alpha value is -0.700. The molecule has 2 aliphatic rings. The van der Waals surface area contributed by atoms with Crippen molar-refractivity contribution in [2.24, 2.45) is 5.92 Å². The molecule has 0 aromatic carbocycles. The van der Waals surface area contributed by atoms with Crippen LogP contribution in [0.1, 0.15) is 26.2 Å². The highest BCUT2D eigenvalue weighted by molar-refractivity contribution is 7.86. The van der Waals surface area contributed by atoms with E-state index in [1.165, 1.54) is 4.31 Å². The summed E-state index contributed by atoms with van der Waals surface area (Å²) in [5.41, 5.74) is 0. The number of esters is 1. The molecule has 2 heterocycles. The van der Waals surface area contributed by atoms with E-state index in [1.807, 2.05) is 7.05 Å². The number of nitrogens with zero attached hydrogens (tertiary/aromatic N) is 2. The first kappa shape index (κ1) is 16.7. The molecule has 1 atom stereocenters. The van der Waals surface area contributed by atoms with Crippen LogP contribution in [0.25, 0.3) is 0 Å². The van der Waals surface area contributed by atoms with Gasteiger partial charge in [-0.15, -0.1) is 0 Å². The third-order valence-electron chi connectivity index (χ3n) is 4.29. The molecule has 2 rings (SSSR count). The standard InChI is InChI=1S/C13H25N3O4S/c1-3-20-13(17)11-4-7-15(8-5-11)21(18,19)16-9-6-12(10-16)14-2/h11-12,14H,3-10H2,1-2H3. The molecule has 1 N–H and O–H groups in total. The zero-order valence-corrected chi connectivity index (χ0v) is 13.6. The smallest absolute Gasteiger partial charge is 0.309 e. The maximum Gasteiger partial charge on any atom is 0.309 e. The quantitative estimate of drug-likeness (QED) is 0.710. The van der Waals surface area contributed by atoms with Crippen LogP contribution in [0.2, 0.25) is 0 Å². The van der Waals surface area contributed by atoms with Crippen molar-refractivity contribution in [1.82, 2.24) is 13.9 Å². The van der Waals surface area contributed by atoms with Gasteiger partial charge in [0.15, 0.2) is 0 Å². The van der Waals surface area contributed by atoms with E-state index in [4.69, 9.17) is 4.74 Å². The lowest BCUT2D eigenvalue weighted by atomic mass is 9.98. The fourth-order valence-electron chi connectivity index (χ4n) is 2.92. The molecule has 7 nitrogen and oxygen atoms in total. The van der Waals surface area contributed by atoms with Gasteiger partial charge in [-0.3, -0.25) is 4.79 Å². The third-order valence-corrected chi connectivity index (χ3v) is 6.29. The van der Waals surface area contributed by atoms with Crippen LogP contribution in [0, 0.1) is 5.92 Å². The van der Waals surface area contributed by atoms with Crippen LogP contribution >= 0.6 is 0 Å². The average molecular weight is 319 g/mol. The predicted molar refractivity (Wildman–Crippen MR) is 78.9 cm³/mol. The first-order chi connectivity index (χ1) is 9.98. The van der Waals surface area contributed by atoms with Gasteiger partial charge in [-0.25, -0.2) is 0 Å². The van der Waals surface area contributed by atoms with E-state index in [0.29, 0.717) is 45.6 Å². The summed E-state index contributed by atoms with van der Waals surface area (Å²) in [5.74, 6) is -0.369. The first-order valence-electron chi connectivity index (χ1n) is 7.58. The number of piperidine rings is 1. The number of nitrogens with one attached hydrogen (secondary N) is 1. The molecule has 2 saturated heterocycles. The normalized spacial score (nSPS) is 26.1. The number of carbonyl (C=O) groups excluding carboxylic acids is 1. The summed E-state index contributed by atoms with van der Waals surface area (Å²) in [4.78, 5) is 11.7. The molecule has 2 aliphatic heterocycles. The molecule has 8 heteroatoms. The molecular formula is C13H25N3O4S. The van der Waals surface area contributed by atoms with Crippen molar-refractivity contribution in [3.8, 4) is 0 Å². The van der Waals surface area contributed by atoms with Crippen molar-refractivity contribution in [3.05, 3.63) is 0 Å². The zero-order chi connectivity index (χ0) is 15.5. The molecule has 0 radical (unpaired) electrons. The van der Waals surface area contributed by atoms with Crippen LogP contribution in [0.5, 0.6) is 0 Å². The Kier molecular flexibility index (Phi) is 5.59. The average Bonchev–Trinajstić information content (AvgIpc) is 2.97. The van der Waals surface area contributed by atoms with Crippen molar-refractivity contribution in [2.75, 3.05) is 39.8 Å². The Morgan fingerprint density at radius 2 is 1.81 bits per heavy atom. The summed E-state index contributed by atoms with van der Waals surface area (Å²) in [7, 11) is -1.54. The van der Waals surface area contributed by atoms with Crippen LogP contribution in [0.3, 0.4) is 0 Å². The molecule has 1 unspecified atom stereocenters. The number of ether oxygens (including phenoxy) is 1. The minimum atomic E-state index is -3.39. The Labute approximate surface area is 126 Å². The van der Waals surface area contributed by atoms with E-state index in [2.05, 4.69) is 5.32 Å². The fourth-order valence-corrected chi connectivity index (χ4v) is 4.62. The van der Waals surface area contributed by atoms with Gasteiger partial charge in [-0.1, -0.05) is 0 Å². The minimum Gasteiger partial charge on any atom is -0.466 e. The van der Waals surface area contributed by atoms with E-state index >= 15 is 0 Å². The van der Waals surface area contributed by atoms with Gasteiger partial charge in [0, 0.05) is 32.2 Å². The summed E-state index contributed by atoms with van der Waals surface area (Å²) in [6, 6.07) is 0.233. The van der Waals surface area contributed by atoms with Crippen molar-refractivity contribution in [3.63, 3.8) is 0 Å². The Morgan fingerprint density at radius 3 is 2.33 bits per heavy atom.